The predicted molar refractivity (Wildman–Crippen MR) is 123 cm³/mol. The molecule has 0 aromatic carbocycles. The maximum Gasteiger partial charge on any atom is 0.261 e. The fourth-order valence-corrected chi connectivity index (χ4v) is 4.16. The fourth-order valence-electron chi connectivity index (χ4n) is 2.14. The normalized spacial score (nSPS) is 21.5. The Kier molecular flexibility index (Phi) is 13.4. The van der Waals surface area contributed by atoms with Crippen LogP contribution < -0.4 is 15.7 Å². The van der Waals surface area contributed by atoms with Crippen LogP contribution in [0.4, 0.5) is 0 Å². The molecule has 0 aromatic rings. The molecule has 168 valence electrons. The number of aliphatic hydroxyl groups excluding tert-OH is 1. The molecule has 0 bridgehead atoms. The van der Waals surface area contributed by atoms with Crippen LogP contribution in [-0.4, -0.2) is 53.9 Å². The van der Waals surface area contributed by atoms with Crippen molar-refractivity contribution < 1.29 is 23.6 Å². The Morgan fingerprint density at radius 2 is 2.23 bits per heavy atom. The minimum Gasteiger partial charge on any atom is -0.484 e. The highest BCUT2D eigenvalue weighted by molar-refractivity contribution is 7.95. The lowest BCUT2D eigenvalue weighted by atomic mass is 10.3. The van der Waals surface area contributed by atoms with Crippen LogP contribution in [0.15, 0.2) is 47.5 Å². The smallest absolute Gasteiger partial charge is 0.261 e. The number of hydrogen-bond donors (Lipinski definition) is 4. The molecule has 12 heteroatoms. The van der Waals surface area contributed by atoms with Gasteiger partial charge in [-0.3, -0.25) is 14.9 Å². The van der Waals surface area contributed by atoms with Crippen LogP contribution in [0.3, 0.4) is 0 Å². The summed E-state index contributed by atoms with van der Waals surface area (Å²) in [6.45, 7) is 9.41. The van der Waals surface area contributed by atoms with Crippen molar-refractivity contribution in [2.75, 3.05) is 19.8 Å². The zero-order chi connectivity index (χ0) is 22.5. The number of amides is 2. The topological polar surface area (TPSA) is 109 Å². The van der Waals surface area contributed by atoms with E-state index in [4.69, 9.17) is 32.1 Å². The van der Waals surface area contributed by atoms with Gasteiger partial charge >= 0.3 is 0 Å². The van der Waals surface area contributed by atoms with E-state index >= 15 is 0 Å². The van der Waals surface area contributed by atoms with E-state index in [-0.39, 0.29) is 48.3 Å². The maximum atomic E-state index is 12.1. The third-order valence-electron chi connectivity index (χ3n) is 3.59. The van der Waals surface area contributed by atoms with E-state index in [1.165, 1.54) is 35.5 Å². The Morgan fingerprint density at radius 1 is 1.50 bits per heavy atom. The molecular weight excluding hydrogens is 472 g/mol. The average Bonchev–Trinajstić information content (AvgIpc) is 2.73. The molecule has 0 radical (unpaired) electrons. The summed E-state index contributed by atoms with van der Waals surface area (Å²) in [6.07, 6.45) is 3.19. The predicted octanol–water partition coefficient (Wildman–Crippen LogP) is 2.86. The van der Waals surface area contributed by atoms with Gasteiger partial charge in [-0.2, -0.15) is 0 Å². The molecule has 4 atom stereocenters. The highest BCUT2D eigenvalue weighted by atomic mass is 35.5. The van der Waals surface area contributed by atoms with Crippen molar-refractivity contribution in [2.24, 2.45) is 0 Å². The van der Waals surface area contributed by atoms with Crippen molar-refractivity contribution in [2.45, 2.75) is 30.6 Å². The second-order valence-corrected chi connectivity index (χ2v) is 9.80. The monoisotopic (exact) mass is 497 g/mol. The zero-order valence-corrected chi connectivity index (χ0v) is 19.7. The molecule has 2 amide bonds. The van der Waals surface area contributed by atoms with Gasteiger partial charge in [0.1, 0.15) is 11.8 Å². The van der Waals surface area contributed by atoms with Crippen LogP contribution in [0.25, 0.3) is 0 Å². The Labute approximate surface area is 192 Å². The van der Waals surface area contributed by atoms with Gasteiger partial charge in [-0.25, -0.2) is 0 Å². The third kappa shape index (κ3) is 10.8. The van der Waals surface area contributed by atoms with Gasteiger partial charge in [0.05, 0.1) is 22.9 Å². The van der Waals surface area contributed by atoms with Crippen molar-refractivity contribution in [3.63, 3.8) is 0 Å². The molecule has 0 aromatic heterocycles. The maximum absolute atomic E-state index is 12.1. The highest BCUT2D eigenvalue weighted by Gasteiger charge is 2.26. The molecule has 1 aliphatic heterocycles. The number of carbonyl (C=O) groups is 2. The quantitative estimate of drug-likeness (QED) is 0.142. The molecule has 1 rings (SSSR count). The molecule has 4 unspecified atom stereocenters. The minimum atomic E-state index is -1.41. The number of allylic oxidation sites excluding steroid dienone is 3. The summed E-state index contributed by atoms with van der Waals surface area (Å²) in [5.74, 6) is 0.191. The fraction of sp³-hybridized carbons (Fsp3) is 0.444. The van der Waals surface area contributed by atoms with Gasteiger partial charge in [-0.1, -0.05) is 36.4 Å². The molecule has 0 spiro atoms. The number of nitrogens with one attached hydrogen (secondary N) is 3. The van der Waals surface area contributed by atoms with Gasteiger partial charge in [0.25, 0.3) is 5.91 Å². The molecular formula is C18H26Cl2N3O5PS. The number of ether oxygens (including phenoxy) is 1. The second-order valence-electron chi connectivity index (χ2n) is 6.01. The summed E-state index contributed by atoms with van der Waals surface area (Å²) in [6, 6.07) is -0.437. The average molecular weight is 498 g/mol. The Bertz CT molecular complexity index is 680. The molecule has 1 saturated heterocycles. The highest BCUT2D eigenvalue weighted by Crippen LogP contribution is 2.37. The number of hydrogen-bond acceptors (Lipinski definition) is 7. The van der Waals surface area contributed by atoms with Gasteiger partial charge in [0.15, 0.2) is 6.61 Å². The van der Waals surface area contributed by atoms with Crippen LogP contribution >= 0.6 is 43.3 Å². The van der Waals surface area contributed by atoms with Crippen LogP contribution in [0.5, 0.6) is 0 Å². The first-order chi connectivity index (χ1) is 14.3. The Hall–Kier alpha value is -1.06. The van der Waals surface area contributed by atoms with Crippen LogP contribution in [-0.2, 0) is 18.5 Å². The Morgan fingerprint density at radius 3 is 2.87 bits per heavy atom. The van der Waals surface area contributed by atoms with Gasteiger partial charge in [-0.15, -0.1) is 0 Å². The molecule has 0 aliphatic carbocycles. The van der Waals surface area contributed by atoms with Crippen molar-refractivity contribution in [3.8, 4) is 0 Å². The van der Waals surface area contributed by atoms with Crippen LogP contribution in [0.1, 0.15) is 13.3 Å². The van der Waals surface area contributed by atoms with Gasteiger partial charge < -0.3 is 24.4 Å². The summed E-state index contributed by atoms with van der Waals surface area (Å²) in [5, 5.41) is 19.1. The van der Waals surface area contributed by atoms with E-state index < -0.39 is 25.9 Å². The molecule has 30 heavy (non-hydrogen) atoms. The molecule has 4 N–H and O–H groups in total. The van der Waals surface area contributed by atoms with E-state index in [1.807, 2.05) is 6.92 Å². The third-order valence-corrected chi connectivity index (χ3v) is 6.67. The van der Waals surface area contributed by atoms with Gasteiger partial charge in [0, 0.05) is 32.2 Å². The summed E-state index contributed by atoms with van der Waals surface area (Å²) >= 11 is 12.4. The van der Waals surface area contributed by atoms with E-state index in [2.05, 4.69) is 28.9 Å². The second kappa shape index (κ2) is 14.9. The summed E-state index contributed by atoms with van der Waals surface area (Å²) in [7, 11) is -1.41. The molecule has 1 heterocycles. The van der Waals surface area contributed by atoms with Gasteiger partial charge in [0.2, 0.25) is 5.91 Å². The number of carbonyl (C=O) groups excluding carboxylic acids is 2. The molecule has 1 aliphatic rings. The summed E-state index contributed by atoms with van der Waals surface area (Å²) in [4.78, 5) is 24.2. The lowest BCUT2D eigenvalue weighted by Crippen LogP contribution is -2.51. The number of aliphatic hydroxyl groups is 1. The molecule has 0 saturated carbocycles. The largest absolute Gasteiger partial charge is 0.484 e. The Balaban J connectivity index is 2.34. The standard InChI is InChI=1S/C18H26Cl2N3O5PS/c1-4-29(23-16(24)11-27-12(2)5-6-14(20)9-19)17(25)7-8-21-18(26)15-10-28-30-13(3)22-15/h4-6,9,13,15,17,22,25H,1-2,7-8,10-11H2,3H3,(H,21,26)(H,23,24)/b6-5-,14-9-. The van der Waals surface area contributed by atoms with Crippen molar-refractivity contribution in [3.05, 3.63) is 47.5 Å². The SMILES string of the molecule is C=CP(NC(=O)COC(=C)/C=C\C(Cl)=C\Cl)C(O)CCNC(=O)C1COSC(C)N1. The van der Waals surface area contributed by atoms with E-state index in [0.29, 0.717) is 0 Å². The first-order valence-electron chi connectivity index (χ1n) is 8.93. The van der Waals surface area contributed by atoms with E-state index in [0.717, 1.165) is 0 Å². The lowest BCUT2D eigenvalue weighted by molar-refractivity contribution is -0.124. The molecule has 1 fully saturated rings. The first-order valence-corrected chi connectivity index (χ1v) is 12.0. The number of rotatable bonds is 12. The van der Waals surface area contributed by atoms with Crippen LogP contribution in [0, 0.1) is 0 Å². The van der Waals surface area contributed by atoms with Crippen molar-refractivity contribution in [1.82, 2.24) is 15.7 Å². The summed E-state index contributed by atoms with van der Waals surface area (Å²) < 4.78 is 10.5. The van der Waals surface area contributed by atoms with Crippen LogP contribution in [0.2, 0.25) is 0 Å². The van der Waals surface area contributed by atoms with Crippen molar-refractivity contribution in [1.29, 1.82) is 0 Å². The van der Waals surface area contributed by atoms with E-state index in [9.17, 15) is 14.7 Å². The minimum absolute atomic E-state index is 0.0199. The lowest BCUT2D eigenvalue weighted by Gasteiger charge is -2.27. The summed E-state index contributed by atoms with van der Waals surface area (Å²) in [5.41, 5.74) is 1.18. The zero-order valence-electron chi connectivity index (χ0n) is 16.5. The molecule has 8 nitrogen and oxygen atoms in total. The first kappa shape index (κ1) is 27.0. The van der Waals surface area contributed by atoms with Gasteiger partial charge in [-0.05, 0) is 31.3 Å². The van der Waals surface area contributed by atoms with E-state index in [1.54, 1.807) is 0 Å². The number of halogens is 2. The van der Waals surface area contributed by atoms with Crippen molar-refractivity contribution >= 4 is 55.1 Å².